The third kappa shape index (κ3) is 5.80. The minimum Gasteiger partial charge on any atom is -0.444 e. The highest BCUT2D eigenvalue weighted by Gasteiger charge is 2.41. The molecule has 0 N–H and O–H groups in total. The molecule has 1 aromatic heterocycles. The number of carbonyl (C=O) groups is 1. The fourth-order valence-corrected chi connectivity index (χ4v) is 4.62. The second-order valence-electron chi connectivity index (χ2n) is 8.46. The molecule has 0 saturated carbocycles. The van der Waals surface area contributed by atoms with E-state index in [2.05, 4.69) is 5.10 Å². The van der Waals surface area contributed by atoms with Gasteiger partial charge in [-0.15, -0.1) is 11.8 Å². The molecule has 154 valence electrons. The molecule has 0 aliphatic carbocycles. The molecule has 0 radical (unpaired) electrons. The van der Waals surface area contributed by atoms with Crippen molar-refractivity contribution in [3.05, 3.63) is 11.9 Å². The molecular weight excluding hydrogens is 379 g/mol. The fourth-order valence-electron chi connectivity index (χ4n) is 3.19. The number of aryl methyl sites for hydroxylation is 1. The number of amides is 1. The number of hydrogen-bond acceptors (Lipinski definition) is 4. The van der Waals surface area contributed by atoms with Crippen LogP contribution in [0.3, 0.4) is 0 Å². The highest BCUT2D eigenvalue weighted by atomic mass is 32.2. The molecule has 0 bridgehead atoms. The first-order chi connectivity index (χ1) is 12.2. The van der Waals surface area contributed by atoms with E-state index in [-0.39, 0.29) is 16.9 Å². The summed E-state index contributed by atoms with van der Waals surface area (Å²) in [7, 11) is 1.49. The lowest BCUT2D eigenvalue weighted by Crippen LogP contribution is -2.45. The van der Waals surface area contributed by atoms with Gasteiger partial charge in [0.1, 0.15) is 5.60 Å². The molecular formula is C18H28F3N3O2S. The Morgan fingerprint density at radius 2 is 1.74 bits per heavy atom. The van der Waals surface area contributed by atoms with Gasteiger partial charge in [-0.3, -0.25) is 4.68 Å². The van der Waals surface area contributed by atoms with E-state index in [1.807, 2.05) is 34.6 Å². The Morgan fingerprint density at radius 1 is 1.19 bits per heavy atom. The normalized spacial score (nSPS) is 17.3. The van der Waals surface area contributed by atoms with Gasteiger partial charge in [0.15, 0.2) is 5.69 Å². The number of aromatic nitrogens is 2. The lowest BCUT2D eigenvalue weighted by atomic mass is 9.86. The van der Waals surface area contributed by atoms with Crippen molar-refractivity contribution in [2.45, 2.75) is 68.9 Å². The van der Waals surface area contributed by atoms with Crippen LogP contribution < -0.4 is 0 Å². The number of nitrogens with zero attached hydrogens (tertiary/aromatic N) is 3. The molecule has 0 atom stereocenters. The van der Waals surface area contributed by atoms with Crippen LogP contribution in [-0.4, -0.2) is 44.2 Å². The van der Waals surface area contributed by atoms with Crippen molar-refractivity contribution >= 4 is 17.9 Å². The van der Waals surface area contributed by atoms with Crippen molar-refractivity contribution in [2.75, 3.05) is 13.1 Å². The Labute approximate surface area is 162 Å². The maximum Gasteiger partial charge on any atom is 0.436 e. The van der Waals surface area contributed by atoms with Gasteiger partial charge in [-0.2, -0.15) is 18.3 Å². The van der Waals surface area contributed by atoms with Crippen molar-refractivity contribution in [1.29, 1.82) is 0 Å². The van der Waals surface area contributed by atoms with E-state index in [0.29, 0.717) is 13.1 Å². The van der Waals surface area contributed by atoms with Crippen LogP contribution in [0.2, 0.25) is 0 Å². The second-order valence-corrected chi connectivity index (χ2v) is 10.2. The summed E-state index contributed by atoms with van der Waals surface area (Å²) >= 11 is 1.21. The molecule has 1 saturated heterocycles. The number of hydrogen-bond donors (Lipinski definition) is 0. The van der Waals surface area contributed by atoms with Gasteiger partial charge in [0, 0.05) is 31.1 Å². The van der Waals surface area contributed by atoms with Crippen molar-refractivity contribution < 1.29 is 22.7 Å². The van der Waals surface area contributed by atoms with Crippen molar-refractivity contribution in [2.24, 2.45) is 13.0 Å². The number of likely N-dealkylation sites (tertiary alicyclic amines) is 1. The van der Waals surface area contributed by atoms with Crippen molar-refractivity contribution in [3.63, 3.8) is 0 Å². The molecule has 2 heterocycles. The first-order valence-corrected chi connectivity index (χ1v) is 9.78. The predicted molar refractivity (Wildman–Crippen MR) is 98.7 cm³/mol. The minimum atomic E-state index is -4.47. The maximum atomic E-state index is 13.2. The Bertz CT molecular complexity index is 672. The van der Waals surface area contributed by atoms with E-state index >= 15 is 0 Å². The van der Waals surface area contributed by atoms with Gasteiger partial charge in [-0.05, 0) is 39.5 Å². The van der Waals surface area contributed by atoms with Crippen molar-refractivity contribution in [1.82, 2.24) is 14.7 Å². The lowest BCUT2D eigenvalue weighted by Gasteiger charge is -2.40. The smallest absolute Gasteiger partial charge is 0.436 e. The van der Waals surface area contributed by atoms with Crippen molar-refractivity contribution in [3.8, 4) is 0 Å². The van der Waals surface area contributed by atoms with E-state index in [9.17, 15) is 18.0 Å². The minimum absolute atomic E-state index is 0.143. The molecule has 9 heteroatoms. The first-order valence-electron chi connectivity index (χ1n) is 8.97. The van der Waals surface area contributed by atoms with E-state index in [1.165, 1.54) is 29.7 Å². The summed E-state index contributed by atoms with van der Waals surface area (Å²) in [6.07, 6.45) is -1.94. The highest BCUT2D eigenvalue weighted by molar-refractivity contribution is 8.00. The van der Waals surface area contributed by atoms with Gasteiger partial charge in [0.2, 0.25) is 0 Å². The summed E-state index contributed by atoms with van der Waals surface area (Å²) in [5.41, 5.74) is -1.38. The van der Waals surface area contributed by atoms with E-state index in [4.69, 9.17) is 4.74 Å². The zero-order chi connectivity index (χ0) is 20.6. The number of piperidine rings is 1. The van der Waals surface area contributed by atoms with E-state index < -0.39 is 22.2 Å². The third-order valence-corrected chi connectivity index (χ3v) is 5.94. The van der Waals surface area contributed by atoms with Gasteiger partial charge < -0.3 is 9.64 Å². The van der Waals surface area contributed by atoms with Gasteiger partial charge >= 0.3 is 12.3 Å². The molecule has 0 spiro atoms. The summed E-state index contributed by atoms with van der Waals surface area (Å²) in [6, 6.07) is 0. The van der Waals surface area contributed by atoms with Crippen LogP contribution in [0.5, 0.6) is 0 Å². The molecule has 0 unspecified atom stereocenters. The number of halogens is 3. The van der Waals surface area contributed by atoms with Gasteiger partial charge in [0.25, 0.3) is 0 Å². The average Bonchev–Trinajstić information content (AvgIpc) is 2.85. The quantitative estimate of drug-likeness (QED) is 0.665. The number of thioether (sulfide) groups is 1. The number of ether oxygens (including phenoxy) is 1. The maximum absolute atomic E-state index is 13.2. The fraction of sp³-hybridized carbons (Fsp3) is 0.778. The van der Waals surface area contributed by atoms with E-state index in [0.717, 1.165) is 12.8 Å². The molecule has 0 aromatic carbocycles. The van der Waals surface area contributed by atoms with E-state index in [1.54, 1.807) is 4.90 Å². The summed E-state index contributed by atoms with van der Waals surface area (Å²) in [5, 5.41) is 3.58. The molecule has 1 fully saturated rings. The number of alkyl halides is 3. The van der Waals surface area contributed by atoms with Crippen LogP contribution in [0.25, 0.3) is 0 Å². The number of carbonyl (C=O) groups excluding carboxylic acids is 1. The zero-order valence-corrected chi connectivity index (χ0v) is 17.5. The predicted octanol–water partition coefficient (Wildman–Crippen LogP) is 4.96. The monoisotopic (exact) mass is 407 g/mol. The standard InChI is InChI=1S/C18H28F3N3O2S/c1-16(2,3)26-15(25)24-9-7-12(8-10-24)17(4,5)27-13-11-23(6)22-14(13)18(19,20)21/h11-12H,7-10H2,1-6H3. The van der Waals surface area contributed by atoms with Gasteiger partial charge in [0.05, 0.1) is 4.90 Å². The van der Waals surface area contributed by atoms with Crippen LogP contribution in [0.1, 0.15) is 53.2 Å². The largest absolute Gasteiger partial charge is 0.444 e. The molecule has 27 heavy (non-hydrogen) atoms. The second kappa shape index (κ2) is 7.56. The lowest BCUT2D eigenvalue weighted by molar-refractivity contribution is -0.143. The first kappa shape index (κ1) is 21.9. The molecule has 1 aliphatic rings. The Balaban J connectivity index is 2.02. The molecule has 1 aromatic rings. The van der Waals surface area contributed by atoms with Crippen LogP contribution in [0.15, 0.2) is 11.1 Å². The Kier molecular flexibility index (Phi) is 6.14. The summed E-state index contributed by atoms with van der Waals surface area (Å²) in [5.74, 6) is 0.183. The van der Waals surface area contributed by atoms with Crippen LogP contribution in [0, 0.1) is 5.92 Å². The SMILES string of the molecule is Cn1cc(SC(C)(C)C2CCN(C(=O)OC(C)(C)C)CC2)c(C(F)(F)F)n1. The summed E-state index contributed by atoms with van der Waals surface area (Å²) in [4.78, 5) is 14.0. The molecule has 1 amide bonds. The summed E-state index contributed by atoms with van der Waals surface area (Å²) < 4.78 is 45.8. The average molecular weight is 408 g/mol. The Morgan fingerprint density at radius 3 is 2.22 bits per heavy atom. The van der Waals surface area contributed by atoms with Crippen LogP contribution in [0.4, 0.5) is 18.0 Å². The number of rotatable bonds is 3. The van der Waals surface area contributed by atoms with Gasteiger partial charge in [-0.1, -0.05) is 13.8 Å². The van der Waals surface area contributed by atoms with Gasteiger partial charge in [-0.25, -0.2) is 4.79 Å². The zero-order valence-electron chi connectivity index (χ0n) is 16.7. The highest BCUT2D eigenvalue weighted by Crippen LogP contribution is 2.46. The van der Waals surface area contributed by atoms with Crippen LogP contribution in [-0.2, 0) is 18.0 Å². The third-order valence-electron chi connectivity index (χ3n) is 4.57. The Hall–Kier alpha value is -1.38. The van der Waals surface area contributed by atoms with Crippen LogP contribution >= 0.6 is 11.8 Å². The molecule has 1 aliphatic heterocycles. The molecule has 2 rings (SSSR count). The molecule has 5 nitrogen and oxygen atoms in total. The topological polar surface area (TPSA) is 47.4 Å². The summed E-state index contributed by atoms with van der Waals surface area (Å²) in [6.45, 7) is 10.5.